The summed E-state index contributed by atoms with van der Waals surface area (Å²) in [6.45, 7) is 4.80. The minimum Gasteiger partial charge on any atom is -0.381 e. The van der Waals surface area contributed by atoms with Crippen LogP contribution in [0.1, 0.15) is 39.5 Å². The molecule has 0 bridgehead atoms. The van der Waals surface area contributed by atoms with Gasteiger partial charge in [-0.25, -0.2) is 13.1 Å². The summed E-state index contributed by atoms with van der Waals surface area (Å²) in [7, 11) is -3.58. The Labute approximate surface area is 130 Å². The molecular formula is C13H24N4O2S2. The molecule has 2 unspecified atom stereocenters. The van der Waals surface area contributed by atoms with Gasteiger partial charge in [0.1, 0.15) is 4.90 Å². The lowest BCUT2D eigenvalue weighted by Crippen LogP contribution is -2.33. The number of aromatic nitrogens is 2. The number of nitrogens with one attached hydrogen (secondary N) is 1. The molecule has 120 valence electrons. The Morgan fingerprint density at radius 2 is 2.24 bits per heavy atom. The summed E-state index contributed by atoms with van der Waals surface area (Å²) in [5.74, 6) is 1.15. The van der Waals surface area contributed by atoms with Crippen LogP contribution in [0.15, 0.2) is 11.1 Å². The van der Waals surface area contributed by atoms with E-state index in [-0.39, 0.29) is 16.8 Å². The Morgan fingerprint density at radius 3 is 2.90 bits per heavy atom. The van der Waals surface area contributed by atoms with Crippen LogP contribution < -0.4 is 10.5 Å². The first-order chi connectivity index (χ1) is 9.96. The second-order valence-electron chi connectivity index (χ2n) is 5.35. The third kappa shape index (κ3) is 4.14. The number of anilines is 1. The van der Waals surface area contributed by atoms with Crippen molar-refractivity contribution in [3.05, 3.63) is 6.20 Å². The smallest absolute Gasteiger partial charge is 0.246 e. The number of nitrogen functional groups attached to an aromatic ring is 1. The number of nitrogens with zero attached hydrogens (tertiary/aromatic N) is 2. The molecule has 0 radical (unpaired) electrons. The van der Waals surface area contributed by atoms with Crippen molar-refractivity contribution in [1.29, 1.82) is 0 Å². The molecule has 1 aromatic heterocycles. The zero-order chi connectivity index (χ0) is 15.5. The molecule has 0 spiro atoms. The Hall–Kier alpha value is -0.730. The average Bonchev–Trinajstić information content (AvgIpc) is 2.97. The Kier molecular flexibility index (Phi) is 5.56. The van der Waals surface area contributed by atoms with Gasteiger partial charge in [0.2, 0.25) is 10.0 Å². The van der Waals surface area contributed by atoms with Crippen molar-refractivity contribution in [2.24, 2.45) is 0 Å². The fourth-order valence-electron chi connectivity index (χ4n) is 2.69. The third-order valence-electron chi connectivity index (χ3n) is 3.61. The third-order valence-corrected chi connectivity index (χ3v) is 6.38. The topological polar surface area (TPSA) is 90.0 Å². The van der Waals surface area contributed by atoms with Gasteiger partial charge in [0.25, 0.3) is 0 Å². The van der Waals surface area contributed by atoms with Crippen molar-refractivity contribution in [2.75, 3.05) is 11.5 Å². The fraction of sp³-hybridized carbons (Fsp3) is 0.769. The summed E-state index contributed by atoms with van der Waals surface area (Å²) in [5, 5.41) is 4.61. The lowest BCUT2D eigenvalue weighted by atomic mass is 10.3. The first kappa shape index (κ1) is 16.6. The first-order valence-corrected chi connectivity index (χ1v) is 9.96. The van der Waals surface area contributed by atoms with Crippen molar-refractivity contribution in [2.45, 2.75) is 62.3 Å². The highest BCUT2D eigenvalue weighted by molar-refractivity contribution is 7.99. The second kappa shape index (κ2) is 7.02. The van der Waals surface area contributed by atoms with Crippen LogP contribution >= 0.6 is 11.8 Å². The number of sulfonamides is 1. The van der Waals surface area contributed by atoms with Gasteiger partial charge < -0.3 is 5.73 Å². The molecule has 1 aromatic rings. The minimum atomic E-state index is -3.58. The van der Waals surface area contributed by atoms with E-state index in [0.717, 1.165) is 31.4 Å². The summed E-state index contributed by atoms with van der Waals surface area (Å²) < 4.78 is 29.3. The largest absolute Gasteiger partial charge is 0.381 e. The van der Waals surface area contributed by atoms with E-state index in [9.17, 15) is 8.42 Å². The molecule has 2 atom stereocenters. The maximum absolute atomic E-state index is 12.4. The maximum atomic E-state index is 12.4. The molecule has 2 rings (SSSR count). The minimum absolute atomic E-state index is 0.00738. The van der Waals surface area contributed by atoms with Crippen LogP contribution in [0.2, 0.25) is 0 Å². The van der Waals surface area contributed by atoms with Crippen molar-refractivity contribution >= 4 is 27.6 Å². The number of hydrogen-bond acceptors (Lipinski definition) is 5. The second-order valence-corrected chi connectivity index (χ2v) is 8.61. The molecule has 1 aliphatic carbocycles. The van der Waals surface area contributed by atoms with Gasteiger partial charge in [-0.3, -0.25) is 4.68 Å². The lowest BCUT2D eigenvalue weighted by Gasteiger charge is -2.12. The summed E-state index contributed by atoms with van der Waals surface area (Å²) in [6, 6.07) is 0.00738. The van der Waals surface area contributed by atoms with Crippen LogP contribution in [0.3, 0.4) is 0 Å². The molecule has 6 nitrogen and oxygen atoms in total. The molecule has 1 saturated carbocycles. The van der Waals surface area contributed by atoms with Crippen LogP contribution in [0.25, 0.3) is 0 Å². The van der Waals surface area contributed by atoms with Crippen molar-refractivity contribution < 1.29 is 8.42 Å². The molecule has 0 aromatic carbocycles. The van der Waals surface area contributed by atoms with E-state index in [1.54, 1.807) is 4.68 Å². The summed E-state index contributed by atoms with van der Waals surface area (Å²) >= 11 is 1.90. The van der Waals surface area contributed by atoms with E-state index in [1.165, 1.54) is 6.20 Å². The normalized spacial score (nSPS) is 22.8. The fourth-order valence-corrected chi connectivity index (χ4v) is 5.18. The summed E-state index contributed by atoms with van der Waals surface area (Å²) in [4.78, 5) is 0.0996. The zero-order valence-corrected chi connectivity index (χ0v) is 14.2. The molecule has 21 heavy (non-hydrogen) atoms. The predicted molar refractivity (Wildman–Crippen MR) is 86.8 cm³/mol. The highest BCUT2D eigenvalue weighted by Gasteiger charge is 2.30. The highest BCUT2D eigenvalue weighted by atomic mass is 32.2. The van der Waals surface area contributed by atoms with Gasteiger partial charge in [-0.1, -0.05) is 13.8 Å². The van der Waals surface area contributed by atoms with Gasteiger partial charge in [0, 0.05) is 24.0 Å². The van der Waals surface area contributed by atoms with Crippen LogP contribution in [-0.4, -0.2) is 35.2 Å². The highest BCUT2D eigenvalue weighted by Crippen LogP contribution is 2.30. The number of hydrogen-bond donors (Lipinski definition) is 2. The van der Waals surface area contributed by atoms with E-state index in [1.807, 2.05) is 18.7 Å². The molecule has 0 saturated heterocycles. The maximum Gasteiger partial charge on any atom is 0.246 e. The molecular weight excluding hydrogens is 308 g/mol. The monoisotopic (exact) mass is 332 g/mol. The molecule has 1 aliphatic rings. The van der Waals surface area contributed by atoms with Crippen molar-refractivity contribution in [3.63, 3.8) is 0 Å². The molecule has 0 aliphatic heterocycles. The van der Waals surface area contributed by atoms with Crippen LogP contribution in [0.5, 0.6) is 0 Å². The molecule has 1 heterocycles. The Morgan fingerprint density at radius 1 is 1.48 bits per heavy atom. The molecule has 1 fully saturated rings. The number of aryl methyl sites for hydroxylation is 1. The molecule has 0 amide bonds. The zero-order valence-electron chi connectivity index (χ0n) is 12.6. The number of nitrogens with two attached hydrogens (primary N) is 1. The SMILES string of the molecule is CCCn1cc(S(=O)(=O)NC2CCC(SCC)C2)c(N)n1. The van der Waals surface area contributed by atoms with Crippen molar-refractivity contribution in [1.82, 2.24) is 14.5 Å². The van der Waals surface area contributed by atoms with Crippen LogP contribution in [-0.2, 0) is 16.6 Å². The predicted octanol–water partition coefficient (Wildman–Crippen LogP) is 1.83. The van der Waals surface area contributed by atoms with E-state index in [4.69, 9.17) is 5.73 Å². The van der Waals surface area contributed by atoms with Gasteiger partial charge in [-0.05, 0) is 31.4 Å². The van der Waals surface area contributed by atoms with Gasteiger partial charge in [-0.2, -0.15) is 16.9 Å². The van der Waals surface area contributed by atoms with Gasteiger partial charge >= 0.3 is 0 Å². The van der Waals surface area contributed by atoms with Gasteiger partial charge in [-0.15, -0.1) is 0 Å². The van der Waals surface area contributed by atoms with Crippen LogP contribution in [0.4, 0.5) is 5.82 Å². The summed E-state index contributed by atoms with van der Waals surface area (Å²) in [5.41, 5.74) is 5.75. The summed E-state index contributed by atoms with van der Waals surface area (Å²) in [6.07, 6.45) is 5.25. The van der Waals surface area contributed by atoms with E-state index in [0.29, 0.717) is 11.8 Å². The quantitative estimate of drug-likeness (QED) is 0.795. The molecule has 3 N–H and O–H groups in total. The number of thioether (sulfide) groups is 1. The standard InChI is InChI=1S/C13H24N4O2S2/c1-3-7-17-9-12(13(14)15-17)21(18,19)16-10-5-6-11(8-10)20-4-2/h9-11,16H,3-8H2,1-2H3,(H2,14,15). The lowest BCUT2D eigenvalue weighted by molar-refractivity contribution is 0.552. The number of rotatable bonds is 7. The van der Waals surface area contributed by atoms with Crippen LogP contribution in [0, 0.1) is 0 Å². The van der Waals surface area contributed by atoms with E-state index in [2.05, 4.69) is 16.7 Å². The van der Waals surface area contributed by atoms with Crippen molar-refractivity contribution in [3.8, 4) is 0 Å². The van der Waals surface area contributed by atoms with E-state index < -0.39 is 10.0 Å². The average molecular weight is 332 g/mol. The Balaban J connectivity index is 2.05. The van der Waals surface area contributed by atoms with Gasteiger partial charge in [0.15, 0.2) is 5.82 Å². The Bertz CT molecular complexity index is 571. The van der Waals surface area contributed by atoms with E-state index >= 15 is 0 Å². The molecule has 8 heteroatoms. The first-order valence-electron chi connectivity index (χ1n) is 7.43. The van der Waals surface area contributed by atoms with Gasteiger partial charge in [0.05, 0.1) is 0 Å².